The number of hydrogen-bond acceptors (Lipinski definition) is 4. The van der Waals surface area contributed by atoms with Gasteiger partial charge in [0.15, 0.2) is 0 Å². The Morgan fingerprint density at radius 3 is 2.73 bits per heavy atom. The second kappa shape index (κ2) is 8.84. The van der Waals surface area contributed by atoms with Gasteiger partial charge in [-0.1, -0.05) is 27.7 Å². The summed E-state index contributed by atoms with van der Waals surface area (Å²) in [6.07, 6.45) is 0.416. The molecule has 1 aromatic rings. The number of nitrogens with zero attached hydrogens (tertiary/aromatic N) is 2. The summed E-state index contributed by atoms with van der Waals surface area (Å²) in [5, 5.41) is 3.83. The number of hydrogen-bond donors (Lipinski definition) is 1. The molecule has 4 rings (SSSR count). The molecular weight excluding hydrogens is 431 g/mol. The smallest absolute Gasteiger partial charge is 0.381 e. The molecule has 3 aliphatic rings. The summed E-state index contributed by atoms with van der Waals surface area (Å²) in [7, 11) is 0. The molecule has 1 aromatic heterocycles. The second-order valence-corrected chi connectivity index (χ2v) is 11.1. The first-order valence-corrected chi connectivity index (χ1v) is 12.1. The number of amides is 1. The van der Waals surface area contributed by atoms with E-state index in [0.717, 1.165) is 51.2 Å². The highest BCUT2D eigenvalue weighted by atomic mass is 19.4. The minimum atomic E-state index is -4.43. The summed E-state index contributed by atoms with van der Waals surface area (Å²) < 4.78 is 45.2. The van der Waals surface area contributed by atoms with E-state index in [9.17, 15) is 18.0 Å². The molecule has 1 N–H and O–H groups in total. The van der Waals surface area contributed by atoms with Crippen LogP contribution < -0.4 is 5.32 Å². The van der Waals surface area contributed by atoms with E-state index in [1.165, 1.54) is 0 Å². The lowest BCUT2D eigenvalue weighted by Gasteiger charge is -2.42. The Hall–Kier alpha value is -1.67. The number of pyridine rings is 1. The molecule has 33 heavy (non-hydrogen) atoms. The van der Waals surface area contributed by atoms with Crippen LogP contribution in [0.25, 0.3) is 0 Å². The molecule has 1 saturated heterocycles. The first-order valence-electron chi connectivity index (χ1n) is 12.1. The first-order chi connectivity index (χ1) is 15.4. The third kappa shape index (κ3) is 4.78. The van der Waals surface area contributed by atoms with Gasteiger partial charge in [-0.15, -0.1) is 0 Å². The molecule has 0 spiro atoms. The molecule has 3 heterocycles. The molecule has 1 amide bonds. The van der Waals surface area contributed by atoms with Crippen LogP contribution in [0.2, 0.25) is 0 Å². The Kier molecular flexibility index (Phi) is 6.55. The molecule has 2 aliphatic heterocycles. The molecule has 0 radical (unpaired) electrons. The van der Waals surface area contributed by atoms with Gasteiger partial charge in [-0.25, -0.2) is 0 Å². The van der Waals surface area contributed by atoms with Gasteiger partial charge < -0.3 is 15.0 Å². The number of carbonyl (C=O) groups is 1. The molecule has 0 bridgehead atoms. The van der Waals surface area contributed by atoms with Gasteiger partial charge in [-0.05, 0) is 43.2 Å². The van der Waals surface area contributed by atoms with Crippen LogP contribution in [0.4, 0.5) is 13.2 Å². The zero-order chi connectivity index (χ0) is 24.0. The van der Waals surface area contributed by atoms with E-state index in [2.05, 4.69) is 38.0 Å². The number of carbonyl (C=O) groups excluding carboxylic acids is 1. The average Bonchev–Trinajstić information content (AvgIpc) is 3.18. The largest absolute Gasteiger partial charge is 0.417 e. The van der Waals surface area contributed by atoms with E-state index in [4.69, 9.17) is 4.74 Å². The average molecular weight is 468 g/mol. The molecule has 8 heteroatoms. The Morgan fingerprint density at radius 2 is 2.06 bits per heavy atom. The van der Waals surface area contributed by atoms with Gasteiger partial charge in [0.25, 0.3) is 0 Å². The summed E-state index contributed by atoms with van der Waals surface area (Å²) in [5.74, 6) is 0.233. The van der Waals surface area contributed by atoms with Gasteiger partial charge >= 0.3 is 6.18 Å². The number of ether oxygens (including phenoxy) is 1. The zero-order valence-corrected chi connectivity index (χ0v) is 20.1. The lowest BCUT2D eigenvalue weighted by Crippen LogP contribution is -2.52. The summed E-state index contributed by atoms with van der Waals surface area (Å²) in [6.45, 7) is 10.8. The second-order valence-electron chi connectivity index (χ2n) is 11.1. The fourth-order valence-electron chi connectivity index (χ4n) is 5.87. The van der Waals surface area contributed by atoms with E-state index in [0.29, 0.717) is 30.3 Å². The number of aromatic nitrogens is 1. The Balaban J connectivity index is 1.49. The van der Waals surface area contributed by atoms with Crippen molar-refractivity contribution >= 4 is 5.91 Å². The van der Waals surface area contributed by atoms with Crippen molar-refractivity contribution in [2.75, 3.05) is 19.8 Å². The quantitative estimate of drug-likeness (QED) is 0.704. The van der Waals surface area contributed by atoms with Crippen LogP contribution in [0.15, 0.2) is 12.3 Å². The van der Waals surface area contributed by atoms with Crippen LogP contribution in [0.5, 0.6) is 0 Å². The first kappa shape index (κ1) is 24.5. The Labute approximate surface area is 194 Å². The van der Waals surface area contributed by atoms with E-state index in [-0.39, 0.29) is 29.8 Å². The van der Waals surface area contributed by atoms with E-state index in [1.807, 2.05) is 0 Å². The molecular formula is C25H36F3N3O2. The van der Waals surface area contributed by atoms with Crippen LogP contribution in [-0.4, -0.2) is 47.6 Å². The predicted molar refractivity (Wildman–Crippen MR) is 119 cm³/mol. The maximum Gasteiger partial charge on any atom is 0.417 e. The molecule has 1 saturated carbocycles. The lowest BCUT2D eigenvalue weighted by atomic mass is 9.73. The van der Waals surface area contributed by atoms with Crippen molar-refractivity contribution in [2.45, 2.75) is 84.6 Å². The Bertz CT molecular complexity index is 886. The highest BCUT2D eigenvalue weighted by Crippen LogP contribution is 2.47. The van der Waals surface area contributed by atoms with Crippen molar-refractivity contribution < 1.29 is 22.7 Å². The van der Waals surface area contributed by atoms with E-state index in [1.54, 1.807) is 4.90 Å². The van der Waals surface area contributed by atoms with Gasteiger partial charge in [-0.3, -0.25) is 9.78 Å². The van der Waals surface area contributed by atoms with Gasteiger partial charge in [-0.2, -0.15) is 13.2 Å². The Morgan fingerprint density at radius 1 is 1.30 bits per heavy atom. The van der Waals surface area contributed by atoms with E-state index < -0.39 is 17.2 Å². The number of nitrogens with one attached hydrogen (secondary N) is 1. The zero-order valence-electron chi connectivity index (χ0n) is 20.1. The minimum Gasteiger partial charge on any atom is -0.381 e. The normalized spacial score (nSPS) is 29.9. The van der Waals surface area contributed by atoms with Crippen molar-refractivity contribution in [3.63, 3.8) is 0 Å². The van der Waals surface area contributed by atoms with Crippen molar-refractivity contribution in [1.82, 2.24) is 15.2 Å². The predicted octanol–water partition coefficient (Wildman–Crippen LogP) is 4.58. The number of alkyl halides is 3. The van der Waals surface area contributed by atoms with Crippen LogP contribution in [0.1, 0.15) is 70.2 Å². The van der Waals surface area contributed by atoms with E-state index >= 15 is 0 Å². The molecule has 0 aromatic carbocycles. The van der Waals surface area contributed by atoms with Crippen LogP contribution in [-0.2, 0) is 28.7 Å². The minimum absolute atomic E-state index is 0.0467. The number of fused-ring (bicyclic) bond motifs is 1. The number of halogens is 3. The summed E-state index contributed by atoms with van der Waals surface area (Å²) in [6, 6.07) is 1.77. The van der Waals surface area contributed by atoms with Gasteiger partial charge in [0.2, 0.25) is 5.91 Å². The lowest BCUT2D eigenvalue weighted by molar-refractivity contribution is -0.146. The molecule has 5 nitrogen and oxygen atoms in total. The van der Waals surface area contributed by atoms with Crippen LogP contribution in [0, 0.1) is 16.7 Å². The van der Waals surface area contributed by atoms with Crippen molar-refractivity contribution in [2.24, 2.45) is 16.7 Å². The molecule has 2 fully saturated rings. The maximum absolute atomic E-state index is 13.9. The fraction of sp³-hybridized carbons (Fsp3) is 0.760. The maximum atomic E-state index is 13.9. The monoisotopic (exact) mass is 467 g/mol. The van der Waals surface area contributed by atoms with Crippen molar-refractivity contribution in [3.8, 4) is 0 Å². The molecule has 1 unspecified atom stereocenters. The topological polar surface area (TPSA) is 54.5 Å². The third-order valence-corrected chi connectivity index (χ3v) is 8.14. The van der Waals surface area contributed by atoms with Gasteiger partial charge in [0.1, 0.15) is 0 Å². The van der Waals surface area contributed by atoms with Crippen LogP contribution >= 0.6 is 0 Å². The van der Waals surface area contributed by atoms with Crippen molar-refractivity contribution in [1.29, 1.82) is 0 Å². The molecule has 1 aliphatic carbocycles. The summed E-state index contributed by atoms with van der Waals surface area (Å²) in [4.78, 5) is 19.7. The number of rotatable bonds is 4. The van der Waals surface area contributed by atoms with Crippen LogP contribution in [0.3, 0.4) is 0 Å². The van der Waals surface area contributed by atoms with Gasteiger partial charge in [0.05, 0.1) is 17.6 Å². The summed E-state index contributed by atoms with van der Waals surface area (Å²) in [5.41, 5.74) is -0.0124. The fourth-order valence-corrected chi connectivity index (χ4v) is 5.87. The highest BCUT2D eigenvalue weighted by Gasteiger charge is 2.50. The highest BCUT2D eigenvalue weighted by molar-refractivity contribution is 5.83. The summed E-state index contributed by atoms with van der Waals surface area (Å²) >= 11 is 0. The third-order valence-electron chi connectivity index (χ3n) is 8.14. The molecule has 184 valence electrons. The van der Waals surface area contributed by atoms with Gasteiger partial charge in [0, 0.05) is 55.5 Å². The molecule has 3 atom stereocenters. The standard InChI is InChI=1S/C25H36F3N3O2/c1-16(2)24(8-5-19(12-24)30-21-7-10-33-15-23(21,3)4)22(32)31-9-6-20-17(14-31)11-18(13-29-20)25(26,27)28/h11,13,16,19,21,30H,5-10,12,14-15H2,1-4H3/t19-,21?,24+/m1/s1. The SMILES string of the molecule is CC(C)[C@]1(C(=O)N2CCc3ncc(C(F)(F)F)cc3C2)CC[C@@H](NC2CCOCC2(C)C)C1. The van der Waals surface area contributed by atoms with Crippen molar-refractivity contribution in [3.05, 3.63) is 29.1 Å².